The van der Waals surface area contributed by atoms with Crippen molar-refractivity contribution >= 4 is 11.4 Å². The summed E-state index contributed by atoms with van der Waals surface area (Å²) >= 11 is 0. The molecule has 0 amide bonds. The van der Waals surface area contributed by atoms with E-state index in [1.54, 1.807) is 6.20 Å². The van der Waals surface area contributed by atoms with Gasteiger partial charge in [-0.1, -0.05) is 0 Å². The molecule has 6 nitrogen and oxygen atoms in total. The van der Waals surface area contributed by atoms with E-state index in [9.17, 15) is 14.5 Å². The number of nitro benzene ring substituents is 1. The smallest absolute Gasteiger partial charge is 0.292 e. The van der Waals surface area contributed by atoms with Gasteiger partial charge in [-0.05, 0) is 25.3 Å². The molecular formula is C14H15FN4O2. The topological polar surface area (TPSA) is 73.0 Å². The highest BCUT2D eigenvalue weighted by Crippen LogP contribution is 2.35. The first-order chi connectivity index (χ1) is 10.1. The molecule has 1 aromatic heterocycles. The number of halogens is 1. The van der Waals surface area contributed by atoms with Gasteiger partial charge in [-0.2, -0.15) is 5.10 Å². The molecule has 1 aliphatic rings. The lowest BCUT2D eigenvalue weighted by molar-refractivity contribution is -0.384. The van der Waals surface area contributed by atoms with Crippen molar-refractivity contribution in [1.29, 1.82) is 0 Å². The van der Waals surface area contributed by atoms with E-state index in [0.717, 1.165) is 36.6 Å². The number of hydrogen-bond donors (Lipinski definition) is 1. The highest BCUT2D eigenvalue weighted by molar-refractivity contribution is 5.62. The van der Waals surface area contributed by atoms with Gasteiger partial charge >= 0.3 is 0 Å². The maximum absolute atomic E-state index is 13.4. The molecule has 0 saturated carbocycles. The Kier molecular flexibility index (Phi) is 3.32. The van der Waals surface area contributed by atoms with Crippen molar-refractivity contribution in [2.24, 2.45) is 7.05 Å². The molecular weight excluding hydrogens is 275 g/mol. The van der Waals surface area contributed by atoms with Gasteiger partial charge in [-0.15, -0.1) is 0 Å². The lowest BCUT2D eigenvalue weighted by Gasteiger charge is -2.24. The summed E-state index contributed by atoms with van der Waals surface area (Å²) in [6.07, 6.45) is 4.52. The number of benzene rings is 1. The minimum Gasteiger partial charge on any atom is -0.372 e. The maximum Gasteiger partial charge on any atom is 0.292 e. The SMILES string of the molecule is Cn1ncc2c1CCCC2Nc1cc(F)ccc1[N+](=O)[O-]. The molecule has 7 heteroatoms. The van der Waals surface area contributed by atoms with E-state index in [1.807, 2.05) is 11.7 Å². The number of aromatic nitrogens is 2. The van der Waals surface area contributed by atoms with E-state index in [2.05, 4.69) is 10.4 Å². The van der Waals surface area contributed by atoms with Crippen LogP contribution in [0.4, 0.5) is 15.8 Å². The van der Waals surface area contributed by atoms with Gasteiger partial charge in [0.05, 0.1) is 17.2 Å². The van der Waals surface area contributed by atoms with Crippen LogP contribution in [0.25, 0.3) is 0 Å². The van der Waals surface area contributed by atoms with Crippen LogP contribution in [0, 0.1) is 15.9 Å². The summed E-state index contributed by atoms with van der Waals surface area (Å²) in [7, 11) is 1.88. The number of nitrogens with one attached hydrogen (secondary N) is 1. The van der Waals surface area contributed by atoms with Gasteiger partial charge in [0, 0.05) is 30.4 Å². The summed E-state index contributed by atoms with van der Waals surface area (Å²) in [6.45, 7) is 0. The quantitative estimate of drug-likeness (QED) is 0.696. The van der Waals surface area contributed by atoms with E-state index in [4.69, 9.17) is 0 Å². The zero-order valence-corrected chi connectivity index (χ0v) is 11.5. The van der Waals surface area contributed by atoms with Gasteiger partial charge in [0.1, 0.15) is 11.5 Å². The number of fused-ring (bicyclic) bond motifs is 1. The molecule has 0 saturated heterocycles. The third-order valence-electron chi connectivity index (χ3n) is 3.86. The highest BCUT2D eigenvalue weighted by Gasteiger charge is 2.25. The van der Waals surface area contributed by atoms with Crippen LogP contribution in [0.15, 0.2) is 24.4 Å². The second-order valence-electron chi connectivity index (χ2n) is 5.18. The third kappa shape index (κ3) is 2.46. The third-order valence-corrected chi connectivity index (χ3v) is 3.86. The van der Waals surface area contributed by atoms with E-state index in [-0.39, 0.29) is 17.4 Å². The van der Waals surface area contributed by atoms with E-state index in [1.165, 1.54) is 12.1 Å². The average Bonchev–Trinajstić information content (AvgIpc) is 2.82. The van der Waals surface area contributed by atoms with Crippen LogP contribution in [0.1, 0.15) is 30.1 Å². The number of hydrogen-bond acceptors (Lipinski definition) is 4. The number of aryl methyl sites for hydroxylation is 1. The first-order valence-electron chi connectivity index (χ1n) is 6.77. The Morgan fingerprint density at radius 2 is 2.33 bits per heavy atom. The van der Waals surface area contributed by atoms with Gasteiger partial charge in [-0.25, -0.2) is 4.39 Å². The standard InChI is InChI=1S/C14H15FN4O2/c1-18-13-4-2-3-11(10(13)8-16-18)17-12-7-9(15)5-6-14(12)19(20)21/h5-8,11,17H,2-4H2,1H3. The summed E-state index contributed by atoms with van der Waals surface area (Å²) < 4.78 is 15.2. The second kappa shape index (κ2) is 5.16. The normalized spacial score (nSPS) is 17.3. The molecule has 0 bridgehead atoms. The molecule has 0 radical (unpaired) electrons. The first-order valence-corrected chi connectivity index (χ1v) is 6.77. The molecule has 110 valence electrons. The number of nitro groups is 1. The van der Waals surface area contributed by atoms with Crippen LogP contribution < -0.4 is 5.32 Å². The molecule has 0 fully saturated rings. The minimum absolute atomic E-state index is 0.0806. The molecule has 0 spiro atoms. The molecule has 1 N–H and O–H groups in total. The Labute approximate surface area is 120 Å². The zero-order valence-electron chi connectivity index (χ0n) is 11.5. The highest BCUT2D eigenvalue weighted by atomic mass is 19.1. The molecule has 2 aromatic rings. The fourth-order valence-electron chi connectivity index (χ4n) is 2.83. The maximum atomic E-state index is 13.4. The number of rotatable bonds is 3. The second-order valence-corrected chi connectivity index (χ2v) is 5.18. The van der Waals surface area contributed by atoms with E-state index in [0.29, 0.717) is 0 Å². The van der Waals surface area contributed by atoms with Gasteiger partial charge in [0.25, 0.3) is 5.69 Å². The first kappa shape index (κ1) is 13.5. The fraction of sp³-hybridized carbons (Fsp3) is 0.357. The Balaban J connectivity index is 1.95. The lowest BCUT2D eigenvalue weighted by atomic mass is 9.92. The summed E-state index contributed by atoms with van der Waals surface area (Å²) in [5, 5.41) is 18.4. The predicted molar refractivity (Wildman–Crippen MR) is 75.6 cm³/mol. The largest absolute Gasteiger partial charge is 0.372 e. The minimum atomic E-state index is -0.505. The van der Waals surface area contributed by atoms with Crippen LogP contribution in [0.5, 0.6) is 0 Å². The molecule has 3 rings (SSSR count). The average molecular weight is 290 g/mol. The predicted octanol–water partition coefficient (Wildman–Crippen LogP) is 2.96. The van der Waals surface area contributed by atoms with Crippen molar-refractivity contribution in [3.8, 4) is 0 Å². The fourth-order valence-corrected chi connectivity index (χ4v) is 2.83. The summed E-state index contributed by atoms with van der Waals surface area (Å²) in [5.41, 5.74) is 2.24. The van der Waals surface area contributed by atoms with Crippen LogP contribution in [-0.2, 0) is 13.5 Å². The van der Waals surface area contributed by atoms with E-state index >= 15 is 0 Å². The van der Waals surface area contributed by atoms with Gasteiger partial charge < -0.3 is 5.32 Å². The summed E-state index contributed by atoms with van der Waals surface area (Å²) in [5.74, 6) is -0.495. The molecule has 1 heterocycles. The van der Waals surface area contributed by atoms with Gasteiger partial charge in [0.2, 0.25) is 0 Å². The van der Waals surface area contributed by atoms with Crippen molar-refractivity contribution in [2.45, 2.75) is 25.3 Å². The van der Waals surface area contributed by atoms with Crippen molar-refractivity contribution in [1.82, 2.24) is 9.78 Å². The molecule has 1 unspecified atom stereocenters. The molecule has 1 aliphatic carbocycles. The van der Waals surface area contributed by atoms with E-state index < -0.39 is 10.7 Å². The molecule has 1 aromatic carbocycles. The molecule has 1 atom stereocenters. The van der Waals surface area contributed by atoms with Gasteiger partial charge in [0.15, 0.2) is 0 Å². The van der Waals surface area contributed by atoms with Crippen LogP contribution >= 0.6 is 0 Å². The Morgan fingerprint density at radius 1 is 1.52 bits per heavy atom. The monoisotopic (exact) mass is 290 g/mol. The Hall–Kier alpha value is -2.44. The van der Waals surface area contributed by atoms with Crippen molar-refractivity contribution in [3.05, 3.63) is 51.6 Å². The van der Waals surface area contributed by atoms with Crippen LogP contribution in [0.2, 0.25) is 0 Å². The van der Waals surface area contributed by atoms with Crippen molar-refractivity contribution in [2.75, 3.05) is 5.32 Å². The van der Waals surface area contributed by atoms with Crippen molar-refractivity contribution in [3.63, 3.8) is 0 Å². The van der Waals surface area contributed by atoms with Gasteiger partial charge in [-0.3, -0.25) is 14.8 Å². The van der Waals surface area contributed by atoms with Crippen LogP contribution in [0.3, 0.4) is 0 Å². The summed E-state index contributed by atoms with van der Waals surface area (Å²) in [4.78, 5) is 10.5. The Bertz CT molecular complexity index is 698. The molecule has 0 aliphatic heterocycles. The van der Waals surface area contributed by atoms with Crippen molar-refractivity contribution < 1.29 is 9.31 Å². The summed E-state index contributed by atoms with van der Waals surface area (Å²) in [6, 6.07) is 3.37. The Morgan fingerprint density at radius 3 is 3.10 bits per heavy atom. The zero-order chi connectivity index (χ0) is 15.0. The lowest BCUT2D eigenvalue weighted by Crippen LogP contribution is -2.18. The number of nitrogens with zero attached hydrogens (tertiary/aromatic N) is 3. The number of anilines is 1. The molecule has 21 heavy (non-hydrogen) atoms. The van der Waals surface area contributed by atoms with Crippen LogP contribution in [-0.4, -0.2) is 14.7 Å².